The number of hydrogen-bond donors (Lipinski definition) is 1. The Bertz CT molecular complexity index is 1300. The highest BCUT2D eigenvalue weighted by molar-refractivity contribution is 7.92. The first-order valence-corrected chi connectivity index (χ1v) is 10.9. The van der Waals surface area contributed by atoms with Gasteiger partial charge in [0.2, 0.25) is 0 Å². The van der Waals surface area contributed by atoms with E-state index in [0.29, 0.717) is 22.9 Å². The molecule has 0 aliphatic carbocycles. The number of benzene rings is 2. The van der Waals surface area contributed by atoms with Gasteiger partial charge < -0.3 is 0 Å². The van der Waals surface area contributed by atoms with E-state index in [2.05, 4.69) is 20.0 Å². The first-order chi connectivity index (χ1) is 14.4. The van der Waals surface area contributed by atoms with E-state index >= 15 is 0 Å². The van der Waals surface area contributed by atoms with Crippen LogP contribution in [0.5, 0.6) is 0 Å². The van der Waals surface area contributed by atoms with Crippen LogP contribution >= 0.6 is 0 Å². The van der Waals surface area contributed by atoms with E-state index in [1.54, 1.807) is 32.0 Å². The zero-order valence-corrected chi connectivity index (χ0v) is 17.7. The SMILES string of the molecule is Cc1ccccc1NS(=O)(=O)c1c(C)nn(-c2ccc(-c3ccccc3)nn2)c1C. The number of sulfonamides is 1. The highest BCUT2D eigenvalue weighted by atomic mass is 32.2. The second-order valence-electron chi connectivity index (χ2n) is 6.97. The second-order valence-corrected chi connectivity index (χ2v) is 8.59. The number of para-hydroxylation sites is 1. The van der Waals surface area contributed by atoms with Crippen LogP contribution in [-0.2, 0) is 10.0 Å². The highest BCUT2D eigenvalue weighted by Gasteiger charge is 2.26. The van der Waals surface area contributed by atoms with Crippen molar-refractivity contribution in [3.63, 3.8) is 0 Å². The Morgan fingerprint density at radius 2 is 1.53 bits per heavy atom. The van der Waals surface area contributed by atoms with Gasteiger partial charge in [-0.3, -0.25) is 4.72 Å². The van der Waals surface area contributed by atoms with Crippen molar-refractivity contribution in [3.8, 4) is 17.1 Å². The van der Waals surface area contributed by atoms with Gasteiger partial charge in [-0.2, -0.15) is 5.10 Å². The third-order valence-electron chi connectivity index (χ3n) is 4.82. The first-order valence-electron chi connectivity index (χ1n) is 9.41. The van der Waals surface area contributed by atoms with Gasteiger partial charge in [-0.1, -0.05) is 48.5 Å². The van der Waals surface area contributed by atoms with Crippen molar-refractivity contribution in [3.05, 3.63) is 83.7 Å². The Morgan fingerprint density at radius 1 is 0.833 bits per heavy atom. The summed E-state index contributed by atoms with van der Waals surface area (Å²) in [6, 6.07) is 20.6. The van der Waals surface area contributed by atoms with Crippen LogP contribution in [0.1, 0.15) is 17.0 Å². The van der Waals surface area contributed by atoms with Crippen molar-refractivity contribution >= 4 is 15.7 Å². The van der Waals surface area contributed by atoms with E-state index < -0.39 is 10.0 Å². The molecule has 4 rings (SSSR count). The quantitative estimate of drug-likeness (QED) is 0.527. The molecule has 0 spiro atoms. The van der Waals surface area contributed by atoms with Gasteiger partial charge >= 0.3 is 0 Å². The summed E-state index contributed by atoms with van der Waals surface area (Å²) in [6.45, 7) is 5.23. The molecule has 2 aromatic heterocycles. The number of nitrogens with zero attached hydrogens (tertiary/aromatic N) is 4. The van der Waals surface area contributed by atoms with Gasteiger partial charge in [-0.15, -0.1) is 10.2 Å². The fraction of sp³-hybridized carbons (Fsp3) is 0.136. The molecule has 8 heteroatoms. The predicted octanol–water partition coefficient (Wildman–Crippen LogP) is 4.06. The number of nitrogens with one attached hydrogen (secondary N) is 1. The molecule has 2 aromatic carbocycles. The molecular weight excluding hydrogens is 398 g/mol. The molecule has 4 aromatic rings. The number of rotatable bonds is 5. The molecule has 7 nitrogen and oxygen atoms in total. The molecule has 0 fully saturated rings. The van der Waals surface area contributed by atoms with Crippen molar-refractivity contribution in [2.24, 2.45) is 0 Å². The maximum atomic E-state index is 13.1. The Kier molecular flexibility index (Phi) is 5.09. The van der Waals surface area contributed by atoms with Crippen LogP contribution < -0.4 is 4.72 Å². The van der Waals surface area contributed by atoms with Gasteiger partial charge in [0, 0.05) is 5.56 Å². The van der Waals surface area contributed by atoms with E-state index in [0.717, 1.165) is 16.8 Å². The van der Waals surface area contributed by atoms with Crippen molar-refractivity contribution in [1.82, 2.24) is 20.0 Å². The van der Waals surface area contributed by atoms with E-state index in [1.165, 1.54) is 4.68 Å². The standard InChI is InChI=1S/C22H21N5O2S/c1-15-9-7-8-12-19(15)26-30(28,29)22-16(2)25-27(17(22)3)21-14-13-20(23-24-21)18-10-5-4-6-11-18/h4-14,26H,1-3H3. The summed E-state index contributed by atoms with van der Waals surface area (Å²) in [7, 11) is -3.82. The van der Waals surface area contributed by atoms with Crippen molar-refractivity contribution in [2.75, 3.05) is 4.72 Å². The Hall–Kier alpha value is -3.52. The zero-order valence-electron chi connectivity index (χ0n) is 16.9. The molecule has 0 radical (unpaired) electrons. The van der Waals surface area contributed by atoms with Crippen molar-refractivity contribution in [1.29, 1.82) is 0 Å². The molecule has 0 saturated heterocycles. The lowest BCUT2D eigenvalue weighted by molar-refractivity contribution is 0.600. The van der Waals surface area contributed by atoms with Gasteiger partial charge in [0.15, 0.2) is 5.82 Å². The van der Waals surface area contributed by atoms with Gasteiger partial charge in [-0.05, 0) is 44.5 Å². The summed E-state index contributed by atoms with van der Waals surface area (Å²) < 4.78 is 30.3. The maximum absolute atomic E-state index is 13.1. The molecule has 0 atom stereocenters. The van der Waals surface area contributed by atoms with Crippen LogP contribution in [0.15, 0.2) is 71.6 Å². The van der Waals surface area contributed by atoms with Gasteiger partial charge in [0.1, 0.15) is 4.90 Å². The average molecular weight is 420 g/mol. The highest BCUT2D eigenvalue weighted by Crippen LogP contribution is 2.26. The molecular formula is C22H21N5O2S. The van der Waals surface area contributed by atoms with Crippen LogP contribution in [0.4, 0.5) is 5.69 Å². The fourth-order valence-electron chi connectivity index (χ4n) is 3.32. The summed E-state index contributed by atoms with van der Waals surface area (Å²) >= 11 is 0. The van der Waals surface area contributed by atoms with Crippen LogP contribution in [0.2, 0.25) is 0 Å². The molecule has 1 N–H and O–H groups in total. The average Bonchev–Trinajstić information content (AvgIpc) is 3.05. The van der Waals surface area contributed by atoms with Crippen molar-refractivity contribution < 1.29 is 8.42 Å². The minimum Gasteiger partial charge on any atom is -0.279 e. The lowest BCUT2D eigenvalue weighted by Gasteiger charge is -2.11. The van der Waals surface area contributed by atoms with E-state index in [4.69, 9.17) is 0 Å². The lowest BCUT2D eigenvalue weighted by Crippen LogP contribution is -2.15. The Labute approximate surface area is 175 Å². The Balaban J connectivity index is 1.69. The summed E-state index contributed by atoms with van der Waals surface area (Å²) in [6.07, 6.45) is 0. The van der Waals surface area contributed by atoms with Crippen LogP contribution in [0.25, 0.3) is 17.1 Å². The van der Waals surface area contributed by atoms with E-state index in [-0.39, 0.29) is 4.90 Å². The normalized spacial score (nSPS) is 11.4. The van der Waals surface area contributed by atoms with Crippen LogP contribution in [-0.4, -0.2) is 28.4 Å². The molecule has 0 bridgehead atoms. The van der Waals surface area contributed by atoms with Gasteiger partial charge in [0.25, 0.3) is 10.0 Å². The Morgan fingerprint density at radius 3 is 2.20 bits per heavy atom. The van der Waals surface area contributed by atoms with Crippen molar-refractivity contribution in [2.45, 2.75) is 25.7 Å². The molecule has 152 valence electrons. The summed E-state index contributed by atoms with van der Waals surface area (Å²) in [5.41, 5.74) is 3.92. The smallest absolute Gasteiger partial charge is 0.265 e. The molecule has 30 heavy (non-hydrogen) atoms. The van der Waals surface area contributed by atoms with Gasteiger partial charge in [0.05, 0.1) is 22.8 Å². The minimum atomic E-state index is -3.82. The number of anilines is 1. The minimum absolute atomic E-state index is 0.139. The monoisotopic (exact) mass is 419 g/mol. The molecule has 0 unspecified atom stereocenters. The fourth-order valence-corrected chi connectivity index (χ4v) is 4.85. The summed E-state index contributed by atoms with van der Waals surface area (Å²) in [5.74, 6) is 0.452. The van der Waals surface area contributed by atoms with E-state index in [9.17, 15) is 8.42 Å². The lowest BCUT2D eigenvalue weighted by atomic mass is 10.1. The molecule has 0 aliphatic heterocycles. The van der Waals surface area contributed by atoms with Gasteiger partial charge in [-0.25, -0.2) is 13.1 Å². The maximum Gasteiger partial charge on any atom is 0.265 e. The predicted molar refractivity (Wildman–Crippen MR) is 116 cm³/mol. The number of hydrogen-bond acceptors (Lipinski definition) is 5. The molecule has 0 aliphatic rings. The first kappa shape index (κ1) is 19.8. The summed E-state index contributed by atoms with van der Waals surface area (Å²) in [5, 5.41) is 12.9. The third-order valence-corrected chi connectivity index (χ3v) is 6.44. The second kappa shape index (κ2) is 7.72. The van der Waals surface area contributed by atoms with Crippen LogP contribution in [0, 0.1) is 20.8 Å². The topological polar surface area (TPSA) is 89.8 Å². The zero-order chi connectivity index (χ0) is 21.3. The molecule has 0 amide bonds. The summed E-state index contributed by atoms with van der Waals surface area (Å²) in [4.78, 5) is 0.139. The third kappa shape index (κ3) is 3.69. The molecule has 0 saturated carbocycles. The molecule has 2 heterocycles. The number of aromatic nitrogens is 4. The van der Waals surface area contributed by atoms with E-state index in [1.807, 2.05) is 55.5 Å². The largest absolute Gasteiger partial charge is 0.279 e. The van der Waals surface area contributed by atoms with Crippen LogP contribution in [0.3, 0.4) is 0 Å². The number of aryl methyl sites for hydroxylation is 2.